The molecule has 7 nitrogen and oxygen atoms in total. The van der Waals surface area contributed by atoms with Crippen LogP contribution in [0.4, 0.5) is 0 Å². The van der Waals surface area contributed by atoms with Gasteiger partial charge in [0.05, 0.1) is 18.4 Å². The third-order valence-corrected chi connectivity index (χ3v) is 8.30. The summed E-state index contributed by atoms with van der Waals surface area (Å²) >= 11 is 1.87. The lowest BCUT2D eigenvalue weighted by Crippen LogP contribution is -2.44. The van der Waals surface area contributed by atoms with Crippen molar-refractivity contribution in [2.75, 3.05) is 45.6 Å². The van der Waals surface area contributed by atoms with Gasteiger partial charge in [0, 0.05) is 37.6 Å². The summed E-state index contributed by atoms with van der Waals surface area (Å²) in [6.45, 7) is 6.03. The monoisotopic (exact) mass is 420 g/mol. The third kappa shape index (κ3) is 3.93. The first-order valence-electron chi connectivity index (χ1n) is 10.8. The Hall–Kier alpha value is -1.54. The van der Waals surface area contributed by atoms with E-state index >= 15 is 0 Å². The van der Waals surface area contributed by atoms with Crippen molar-refractivity contribution in [2.24, 2.45) is 28.7 Å². The molecule has 2 heterocycles. The number of amides is 2. The molecule has 4 aliphatic rings. The lowest BCUT2D eigenvalue weighted by atomic mass is 9.85. The molecule has 0 aromatic heterocycles. The molecule has 2 N–H and O–H groups in total. The topological polar surface area (TPSA) is 83.0 Å². The van der Waals surface area contributed by atoms with Crippen molar-refractivity contribution < 1.29 is 14.3 Å². The molecule has 2 amide bonds. The van der Waals surface area contributed by atoms with Gasteiger partial charge in [-0.2, -0.15) is 11.8 Å². The van der Waals surface area contributed by atoms with Crippen LogP contribution < -0.4 is 10.6 Å². The second kappa shape index (κ2) is 8.68. The fraction of sp³-hybridized carbons (Fsp3) is 0.762. The van der Waals surface area contributed by atoms with Crippen molar-refractivity contribution in [3.63, 3.8) is 0 Å². The lowest BCUT2D eigenvalue weighted by Gasteiger charge is -2.34. The highest BCUT2D eigenvalue weighted by Gasteiger charge is 2.58. The predicted octanol–water partition coefficient (Wildman–Crippen LogP) is 1.26. The van der Waals surface area contributed by atoms with E-state index in [0.29, 0.717) is 13.1 Å². The average molecular weight is 421 g/mol. The number of nitrogens with zero attached hydrogens (tertiary/aromatic N) is 2. The number of ether oxygens (including phenoxy) is 1. The Balaban J connectivity index is 1.32. The maximum Gasteiger partial charge on any atom is 0.233 e. The van der Waals surface area contributed by atoms with Crippen molar-refractivity contribution in [3.8, 4) is 0 Å². The number of guanidine groups is 1. The molecule has 0 spiro atoms. The minimum Gasteiger partial charge on any atom is -0.381 e. The Morgan fingerprint density at radius 1 is 1.21 bits per heavy atom. The van der Waals surface area contributed by atoms with E-state index in [-0.39, 0.29) is 40.2 Å². The van der Waals surface area contributed by atoms with Crippen LogP contribution in [0, 0.1) is 23.7 Å². The van der Waals surface area contributed by atoms with Crippen molar-refractivity contribution in [2.45, 2.75) is 30.9 Å². The smallest absolute Gasteiger partial charge is 0.233 e. The molecule has 3 fully saturated rings. The van der Waals surface area contributed by atoms with Crippen molar-refractivity contribution in [1.82, 2.24) is 15.5 Å². The van der Waals surface area contributed by atoms with Gasteiger partial charge in [0.15, 0.2) is 5.96 Å². The lowest BCUT2D eigenvalue weighted by molar-refractivity contribution is -0.140. The maximum absolute atomic E-state index is 12.8. The summed E-state index contributed by atoms with van der Waals surface area (Å²) in [6.07, 6.45) is 9.39. The van der Waals surface area contributed by atoms with Crippen LogP contribution in [0.5, 0.6) is 0 Å². The summed E-state index contributed by atoms with van der Waals surface area (Å²) in [4.78, 5) is 31.8. The quantitative estimate of drug-likeness (QED) is 0.279. The largest absolute Gasteiger partial charge is 0.381 e. The van der Waals surface area contributed by atoms with Gasteiger partial charge in [-0.3, -0.25) is 19.5 Å². The van der Waals surface area contributed by atoms with E-state index < -0.39 is 0 Å². The Kier molecular flexibility index (Phi) is 6.20. The van der Waals surface area contributed by atoms with E-state index in [2.05, 4.69) is 29.0 Å². The highest BCUT2D eigenvalue weighted by atomic mass is 32.2. The number of fused-ring (bicyclic) bond motifs is 5. The van der Waals surface area contributed by atoms with Gasteiger partial charge in [-0.1, -0.05) is 12.2 Å². The van der Waals surface area contributed by atoms with Crippen LogP contribution in [0.1, 0.15) is 26.2 Å². The molecule has 2 aliphatic carbocycles. The van der Waals surface area contributed by atoms with Crippen LogP contribution >= 0.6 is 11.8 Å². The molecule has 4 atom stereocenters. The molecular weight excluding hydrogens is 388 g/mol. The molecule has 2 aliphatic heterocycles. The van der Waals surface area contributed by atoms with E-state index in [4.69, 9.17) is 9.73 Å². The van der Waals surface area contributed by atoms with Crippen LogP contribution in [0.15, 0.2) is 17.1 Å². The van der Waals surface area contributed by atoms with Gasteiger partial charge in [-0.05, 0) is 44.3 Å². The maximum atomic E-state index is 12.8. The van der Waals surface area contributed by atoms with Crippen molar-refractivity contribution in [1.29, 1.82) is 0 Å². The van der Waals surface area contributed by atoms with Crippen LogP contribution in [0.2, 0.25) is 0 Å². The minimum atomic E-state index is -0.116. The molecule has 0 radical (unpaired) electrons. The van der Waals surface area contributed by atoms with Crippen LogP contribution in [0.25, 0.3) is 0 Å². The number of hydrogen-bond donors (Lipinski definition) is 2. The van der Waals surface area contributed by atoms with Crippen LogP contribution in [0.3, 0.4) is 0 Å². The number of aliphatic imine (C=N–C) groups is 1. The predicted molar refractivity (Wildman–Crippen MR) is 115 cm³/mol. The molecule has 2 bridgehead atoms. The molecule has 4 unspecified atom stereocenters. The Labute approximate surface area is 177 Å². The molecule has 29 heavy (non-hydrogen) atoms. The molecule has 0 aromatic rings. The first-order chi connectivity index (χ1) is 14.1. The van der Waals surface area contributed by atoms with E-state index in [0.717, 1.165) is 51.5 Å². The van der Waals surface area contributed by atoms with Gasteiger partial charge in [-0.15, -0.1) is 0 Å². The molecule has 1 saturated carbocycles. The van der Waals surface area contributed by atoms with Crippen molar-refractivity contribution >= 4 is 29.5 Å². The summed E-state index contributed by atoms with van der Waals surface area (Å²) in [5.41, 5.74) is 0. The zero-order chi connectivity index (χ0) is 20.4. The van der Waals surface area contributed by atoms with Gasteiger partial charge in [-0.25, -0.2) is 0 Å². The number of thioether (sulfide) groups is 1. The molecule has 2 saturated heterocycles. The van der Waals surface area contributed by atoms with Crippen LogP contribution in [-0.2, 0) is 14.3 Å². The first-order valence-corrected chi connectivity index (χ1v) is 12.0. The van der Waals surface area contributed by atoms with Gasteiger partial charge < -0.3 is 15.4 Å². The van der Waals surface area contributed by atoms with E-state index in [1.54, 1.807) is 0 Å². The Morgan fingerprint density at radius 3 is 2.45 bits per heavy atom. The van der Waals surface area contributed by atoms with Crippen molar-refractivity contribution in [3.05, 3.63) is 12.2 Å². The van der Waals surface area contributed by atoms with Gasteiger partial charge in [0.2, 0.25) is 11.8 Å². The Morgan fingerprint density at radius 2 is 1.86 bits per heavy atom. The van der Waals surface area contributed by atoms with E-state index in [1.807, 2.05) is 18.7 Å². The highest BCUT2D eigenvalue weighted by Crippen LogP contribution is 2.52. The number of hydrogen-bond acceptors (Lipinski definition) is 5. The Bertz CT molecular complexity index is 674. The van der Waals surface area contributed by atoms with Gasteiger partial charge >= 0.3 is 0 Å². The van der Waals surface area contributed by atoms with Crippen LogP contribution in [-0.4, -0.2) is 73.1 Å². The second-order valence-electron chi connectivity index (χ2n) is 8.45. The summed E-state index contributed by atoms with van der Waals surface area (Å²) in [5.74, 6) is 1.08. The minimum absolute atomic E-state index is 0.0177. The number of carbonyl (C=O) groups excluding carboxylic acids is 2. The molecule has 4 rings (SSSR count). The van der Waals surface area contributed by atoms with E-state index in [1.165, 1.54) is 4.90 Å². The normalized spacial score (nSPS) is 32.8. The van der Waals surface area contributed by atoms with E-state index in [9.17, 15) is 9.59 Å². The standard InChI is InChI=1S/C21H32N4O3S/c1-3-22-20(24-13-21(29-2)6-10-28-11-7-21)23-8-9-25-18(26)16-14-4-5-15(12-14)17(16)19(25)27/h4-5,14-17H,3,6-13H2,1-2H3,(H2,22,23,24). The number of imide groups is 1. The molecule has 8 heteroatoms. The summed E-state index contributed by atoms with van der Waals surface area (Å²) in [7, 11) is 0. The zero-order valence-electron chi connectivity index (χ0n) is 17.4. The number of nitrogens with one attached hydrogen (secondary N) is 2. The third-order valence-electron chi connectivity index (χ3n) is 6.90. The number of rotatable bonds is 7. The zero-order valence-corrected chi connectivity index (χ0v) is 18.2. The second-order valence-corrected chi connectivity index (χ2v) is 9.72. The molecule has 160 valence electrons. The summed E-state index contributed by atoms with van der Waals surface area (Å²) in [6, 6.07) is 0. The molecule has 0 aromatic carbocycles. The summed E-state index contributed by atoms with van der Waals surface area (Å²) < 4.78 is 5.64. The first kappa shape index (κ1) is 20.7. The average Bonchev–Trinajstić information content (AvgIpc) is 3.42. The summed E-state index contributed by atoms with van der Waals surface area (Å²) in [5, 5.41) is 6.59. The fourth-order valence-electron chi connectivity index (χ4n) is 5.21. The highest BCUT2D eigenvalue weighted by molar-refractivity contribution is 8.00. The molecular formula is C21H32N4O3S. The number of likely N-dealkylation sites (tertiary alicyclic amines) is 1. The van der Waals surface area contributed by atoms with Gasteiger partial charge in [0.25, 0.3) is 0 Å². The number of allylic oxidation sites excluding steroid dienone is 2. The SMILES string of the molecule is CCNC(=NCC1(SC)CCOCC1)NCCN1C(=O)C2C3C=CC(C3)C2C1=O. The fourth-order valence-corrected chi connectivity index (χ4v) is 5.97. The number of carbonyl (C=O) groups is 2. The van der Waals surface area contributed by atoms with Gasteiger partial charge in [0.1, 0.15) is 0 Å².